The Morgan fingerprint density at radius 2 is 1.47 bits per heavy atom. The van der Waals surface area contributed by atoms with E-state index < -0.39 is 6.10 Å². The highest BCUT2D eigenvalue weighted by atomic mass is 16.3. The second-order valence-electron chi connectivity index (χ2n) is 5.22. The van der Waals surface area contributed by atoms with Gasteiger partial charge in [0.25, 0.3) is 0 Å². The van der Waals surface area contributed by atoms with Gasteiger partial charge in [0.05, 0.1) is 6.10 Å². The number of hydrogen-bond donors (Lipinski definition) is 2. The lowest BCUT2D eigenvalue weighted by molar-refractivity contribution is 0.243. The van der Waals surface area contributed by atoms with Gasteiger partial charge in [-0.2, -0.15) is 0 Å². The lowest BCUT2D eigenvalue weighted by Crippen LogP contribution is -2.11. The van der Waals surface area contributed by atoms with Crippen LogP contribution in [0.15, 0.2) is 24.3 Å². The molecule has 0 aromatic heterocycles. The highest BCUT2D eigenvalue weighted by molar-refractivity contribution is 5.64. The van der Waals surface area contributed by atoms with E-state index in [4.69, 9.17) is 10.5 Å². The highest BCUT2D eigenvalue weighted by Gasteiger charge is 2.14. The molecule has 0 aliphatic carbocycles. The summed E-state index contributed by atoms with van der Waals surface area (Å²) < 4.78 is 0. The lowest BCUT2D eigenvalue weighted by atomic mass is 9.86. The van der Waals surface area contributed by atoms with Crippen molar-refractivity contribution in [2.24, 2.45) is 10.8 Å². The monoisotopic (exact) mass is 209 g/mol. The molecule has 2 N–H and O–H groups in total. The molecule has 1 atom stereocenters. The van der Waals surface area contributed by atoms with E-state index in [1.165, 1.54) is 6.21 Å². The van der Waals surface area contributed by atoms with Crippen LogP contribution in [0.25, 0.3) is 0 Å². The zero-order valence-corrected chi connectivity index (χ0v) is 10.4. The summed E-state index contributed by atoms with van der Waals surface area (Å²) in [5.74, 6) is 0. The van der Waals surface area contributed by atoms with Crippen molar-refractivity contribution in [1.29, 1.82) is 5.41 Å². The Labute approximate surface area is 93.2 Å². The second kappa shape index (κ2) is 5.26. The molecule has 1 unspecified atom stereocenters. The fourth-order valence-corrected chi connectivity index (χ4v) is 0.920. The summed E-state index contributed by atoms with van der Waals surface area (Å²) in [6.45, 7) is 9.86. The van der Waals surface area contributed by atoms with E-state index in [0.29, 0.717) is 0 Å². The summed E-state index contributed by atoms with van der Waals surface area (Å²) in [5.41, 5.74) is -0.285. The van der Waals surface area contributed by atoms with Crippen LogP contribution in [0.3, 0.4) is 0 Å². The topological polar surface area (TPSA) is 44.1 Å². The quantitative estimate of drug-likeness (QED) is 0.530. The Morgan fingerprint density at radius 1 is 1.00 bits per heavy atom. The molecule has 0 saturated carbocycles. The molecule has 0 aliphatic rings. The number of rotatable bonds is 5. The summed E-state index contributed by atoms with van der Waals surface area (Å²) in [5, 5.41) is 16.4. The van der Waals surface area contributed by atoms with Gasteiger partial charge in [-0.05, 0) is 6.92 Å². The van der Waals surface area contributed by atoms with E-state index >= 15 is 0 Å². The molecule has 0 saturated heterocycles. The minimum atomic E-state index is -0.409. The third-order valence-corrected chi connectivity index (χ3v) is 2.12. The van der Waals surface area contributed by atoms with Crippen LogP contribution < -0.4 is 0 Å². The molecule has 0 heterocycles. The van der Waals surface area contributed by atoms with Gasteiger partial charge < -0.3 is 10.5 Å². The van der Waals surface area contributed by atoms with Crippen molar-refractivity contribution in [3.8, 4) is 0 Å². The van der Waals surface area contributed by atoms with Crippen molar-refractivity contribution in [2.45, 2.75) is 40.7 Å². The maximum Gasteiger partial charge on any atom is 0.0693 e. The smallest absolute Gasteiger partial charge is 0.0693 e. The van der Waals surface area contributed by atoms with Crippen molar-refractivity contribution in [2.75, 3.05) is 0 Å². The SMILES string of the molecule is CC(O)/C=C\C(C)(C)/C=C\C(C)(C)C=N. The molecule has 15 heavy (non-hydrogen) atoms. The molecular weight excluding hydrogens is 186 g/mol. The first-order chi connectivity index (χ1) is 6.68. The van der Waals surface area contributed by atoms with Crippen molar-refractivity contribution in [3.63, 3.8) is 0 Å². The number of hydrogen-bond acceptors (Lipinski definition) is 2. The van der Waals surface area contributed by atoms with E-state index in [9.17, 15) is 0 Å². The molecule has 0 rings (SSSR count). The van der Waals surface area contributed by atoms with Gasteiger partial charge in [0, 0.05) is 17.0 Å². The summed E-state index contributed by atoms with van der Waals surface area (Å²) in [7, 11) is 0. The Hall–Kier alpha value is -0.890. The van der Waals surface area contributed by atoms with Crippen LogP contribution >= 0.6 is 0 Å². The zero-order chi connectivity index (χ0) is 12.1. The minimum absolute atomic E-state index is 0.0860. The average molecular weight is 209 g/mol. The van der Waals surface area contributed by atoms with Crippen LogP contribution in [-0.4, -0.2) is 17.4 Å². The maximum atomic E-state index is 9.14. The Bertz CT molecular complexity index is 260. The summed E-state index contributed by atoms with van der Waals surface area (Å²) in [4.78, 5) is 0. The number of nitrogens with one attached hydrogen (secondary N) is 1. The number of aliphatic hydroxyl groups excluding tert-OH is 1. The predicted molar refractivity (Wildman–Crippen MR) is 66.3 cm³/mol. The minimum Gasteiger partial charge on any atom is -0.389 e. The molecule has 2 heteroatoms. The summed E-state index contributed by atoms with van der Waals surface area (Å²) in [6.07, 6.45) is 8.87. The molecule has 86 valence electrons. The van der Waals surface area contributed by atoms with Gasteiger partial charge in [-0.3, -0.25) is 0 Å². The first kappa shape index (κ1) is 14.1. The van der Waals surface area contributed by atoms with Gasteiger partial charge in [-0.1, -0.05) is 52.0 Å². The summed E-state index contributed by atoms with van der Waals surface area (Å²) in [6, 6.07) is 0. The number of allylic oxidation sites excluding steroid dienone is 3. The molecule has 0 amide bonds. The van der Waals surface area contributed by atoms with Gasteiger partial charge in [0.15, 0.2) is 0 Å². The molecule has 0 bridgehead atoms. The number of aliphatic hydroxyl groups is 1. The van der Waals surface area contributed by atoms with Crippen LogP contribution in [0.1, 0.15) is 34.6 Å². The van der Waals surface area contributed by atoms with Gasteiger partial charge in [0.2, 0.25) is 0 Å². The molecule has 2 nitrogen and oxygen atoms in total. The average Bonchev–Trinajstić information content (AvgIpc) is 2.13. The van der Waals surface area contributed by atoms with Crippen LogP contribution in [0.5, 0.6) is 0 Å². The van der Waals surface area contributed by atoms with Crippen LogP contribution in [0, 0.1) is 16.2 Å². The molecule has 0 fully saturated rings. The van der Waals surface area contributed by atoms with E-state index in [2.05, 4.69) is 19.9 Å². The maximum absolute atomic E-state index is 9.14. The lowest BCUT2D eigenvalue weighted by Gasteiger charge is -2.19. The first-order valence-electron chi connectivity index (χ1n) is 5.28. The molecule has 0 spiro atoms. The van der Waals surface area contributed by atoms with E-state index in [1.807, 2.05) is 26.0 Å². The third kappa shape index (κ3) is 7.09. The van der Waals surface area contributed by atoms with Gasteiger partial charge >= 0.3 is 0 Å². The fourth-order valence-electron chi connectivity index (χ4n) is 0.920. The Morgan fingerprint density at radius 3 is 1.87 bits per heavy atom. The predicted octanol–water partition coefficient (Wildman–Crippen LogP) is 3.18. The molecule has 0 aromatic rings. The van der Waals surface area contributed by atoms with Crippen molar-refractivity contribution in [1.82, 2.24) is 0 Å². The van der Waals surface area contributed by atoms with Crippen molar-refractivity contribution in [3.05, 3.63) is 24.3 Å². The van der Waals surface area contributed by atoms with Gasteiger partial charge in [-0.25, -0.2) is 0 Å². The fraction of sp³-hybridized carbons (Fsp3) is 0.615. The summed E-state index contributed by atoms with van der Waals surface area (Å²) >= 11 is 0. The molecule has 0 aromatic carbocycles. The van der Waals surface area contributed by atoms with E-state index in [0.717, 1.165) is 0 Å². The van der Waals surface area contributed by atoms with Crippen molar-refractivity contribution < 1.29 is 5.11 Å². The largest absolute Gasteiger partial charge is 0.389 e. The van der Waals surface area contributed by atoms with Gasteiger partial charge in [-0.15, -0.1) is 0 Å². The Balaban J connectivity index is 4.57. The molecule has 0 radical (unpaired) electrons. The van der Waals surface area contributed by atoms with Crippen LogP contribution in [0.4, 0.5) is 0 Å². The zero-order valence-electron chi connectivity index (χ0n) is 10.4. The second-order valence-corrected chi connectivity index (χ2v) is 5.22. The third-order valence-electron chi connectivity index (χ3n) is 2.12. The van der Waals surface area contributed by atoms with Crippen LogP contribution in [0.2, 0.25) is 0 Å². The van der Waals surface area contributed by atoms with Gasteiger partial charge in [0.1, 0.15) is 0 Å². The highest BCUT2D eigenvalue weighted by Crippen LogP contribution is 2.23. The van der Waals surface area contributed by atoms with Crippen LogP contribution in [-0.2, 0) is 0 Å². The Kier molecular flexibility index (Phi) is 4.95. The normalized spacial score (nSPS) is 16.1. The first-order valence-corrected chi connectivity index (χ1v) is 5.28. The van der Waals surface area contributed by atoms with Crippen molar-refractivity contribution >= 4 is 6.21 Å². The standard InChI is InChI=1S/C13H23NO/c1-11(15)6-7-12(2,3)8-9-13(4,5)10-14/h6-11,14-15H,1-5H3/b7-6-,9-8-,14-10?. The van der Waals surface area contributed by atoms with E-state index in [1.54, 1.807) is 13.0 Å². The molecular formula is C13H23NO. The van der Waals surface area contributed by atoms with E-state index in [-0.39, 0.29) is 10.8 Å². The molecule has 0 aliphatic heterocycles.